The highest BCUT2D eigenvalue weighted by Gasteiger charge is 2.26. The molecule has 1 aromatic carbocycles. The van der Waals surface area contributed by atoms with E-state index in [-0.39, 0.29) is 11.0 Å². The first-order valence-electron chi connectivity index (χ1n) is 6.72. The average molecular weight is 249 g/mol. The van der Waals surface area contributed by atoms with Crippen LogP contribution in [-0.2, 0) is 5.41 Å². The minimum Gasteiger partial charge on any atom is -0.486 e. The van der Waals surface area contributed by atoms with Gasteiger partial charge in [-0.1, -0.05) is 45.4 Å². The third-order valence-corrected chi connectivity index (χ3v) is 3.48. The van der Waals surface area contributed by atoms with Gasteiger partial charge in [0.2, 0.25) is 0 Å². The molecule has 1 aromatic rings. The maximum Gasteiger partial charge on any atom is 0.123 e. The van der Waals surface area contributed by atoms with E-state index in [0.717, 1.165) is 12.2 Å². The van der Waals surface area contributed by atoms with E-state index in [1.165, 1.54) is 11.1 Å². The Bertz CT molecular complexity index is 400. The van der Waals surface area contributed by atoms with E-state index in [1.54, 1.807) is 0 Å². The van der Waals surface area contributed by atoms with Crippen molar-refractivity contribution in [1.29, 1.82) is 0 Å². The zero-order chi connectivity index (χ0) is 14.0. The minimum absolute atomic E-state index is 0.0740. The molecule has 0 aliphatic rings. The second-order valence-electron chi connectivity index (χ2n) is 6.36. The van der Waals surface area contributed by atoms with Gasteiger partial charge in [0.25, 0.3) is 0 Å². The zero-order valence-corrected chi connectivity index (χ0v) is 12.6. The highest BCUT2D eigenvalue weighted by Crippen LogP contribution is 2.34. The van der Waals surface area contributed by atoms with Crippen LogP contribution < -0.4 is 10.5 Å². The number of benzene rings is 1. The van der Waals surface area contributed by atoms with Crippen LogP contribution in [0, 0.1) is 6.92 Å². The summed E-state index contributed by atoms with van der Waals surface area (Å²) in [7, 11) is 0. The van der Waals surface area contributed by atoms with Gasteiger partial charge in [-0.2, -0.15) is 0 Å². The van der Waals surface area contributed by atoms with Crippen molar-refractivity contribution in [3.05, 3.63) is 29.3 Å². The predicted molar refractivity (Wildman–Crippen MR) is 78.3 cm³/mol. The molecule has 1 atom stereocenters. The Balaban J connectivity index is 3.17. The molecule has 2 heteroatoms. The summed E-state index contributed by atoms with van der Waals surface area (Å²) >= 11 is 0. The van der Waals surface area contributed by atoms with Crippen molar-refractivity contribution < 1.29 is 4.74 Å². The summed E-state index contributed by atoms with van der Waals surface area (Å²) in [6, 6.07) is 6.37. The summed E-state index contributed by atoms with van der Waals surface area (Å²) in [6.07, 6.45) is 0.904. The molecule has 1 rings (SSSR count). The van der Waals surface area contributed by atoms with Gasteiger partial charge in [0.15, 0.2) is 0 Å². The number of ether oxygens (including phenoxy) is 1. The molecule has 0 fully saturated rings. The van der Waals surface area contributed by atoms with Crippen LogP contribution in [0.4, 0.5) is 0 Å². The van der Waals surface area contributed by atoms with E-state index in [9.17, 15) is 0 Å². The van der Waals surface area contributed by atoms with Crippen molar-refractivity contribution in [3.63, 3.8) is 0 Å². The highest BCUT2D eigenvalue weighted by atomic mass is 16.5. The lowest BCUT2D eigenvalue weighted by atomic mass is 9.85. The number of nitrogens with two attached hydrogens (primary N) is 1. The van der Waals surface area contributed by atoms with Crippen molar-refractivity contribution in [2.24, 2.45) is 5.73 Å². The highest BCUT2D eigenvalue weighted by molar-refractivity contribution is 5.41. The van der Waals surface area contributed by atoms with E-state index in [0.29, 0.717) is 6.54 Å². The third-order valence-electron chi connectivity index (χ3n) is 3.48. The molecule has 0 aliphatic heterocycles. The molecular weight excluding hydrogens is 222 g/mol. The van der Waals surface area contributed by atoms with E-state index in [1.807, 2.05) is 0 Å². The first kappa shape index (κ1) is 15.0. The number of aryl methyl sites for hydroxylation is 1. The van der Waals surface area contributed by atoms with Crippen molar-refractivity contribution in [1.82, 2.24) is 0 Å². The molecule has 1 unspecified atom stereocenters. The average Bonchev–Trinajstić information content (AvgIpc) is 2.30. The Morgan fingerprint density at radius 2 is 1.78 bits per heavy atom. The number of rotatable bonds is 4. The Morgan fingerprint density at radius 1 is 1.17 bits per heavy atom. The Hall–Kier alpha value is -1.02. The van der Waals surface area contributed by atoms with Gasteiger partial charge < -0.3 is 10.5 Å². The summed E-state index contributed by atoms with van der Waals surface area (Å²) in [5.41, 5.74) is 8.13. The van der Waals surface area contributed by atoms with Crippen LogP contribution in [0.1, 0.15) is 52.2 Å². The minimum atomic E-state index is -0.282. The monoisotopic (exact) mass is 249 g/mol. The summed E-state index contributed by atoms with van der Waals surface area (Å²) in [4.78, 5) is 0. The van der Waals surface area contributed by atoms with Crippen molar-refractivity contribution in [2.45, 2.75) is 59.0 Å². The zero-order valence-electron chi connectivity index (χ0n) is 12.6. The van der Waals surface area contributed by atoms with Crippen LogP contribution in [0.5, 0.6) is 5.75 Å². The molecule has 0 heterocycles. The smallest absolute Gasteiger partial charge is 0.123 e. The van der Waals surface area contributed by atoms with E-state index in [4.69, 9.17) is 10.5 Å². The lowest BCUT2D eigenvalue weighted by Gasteiger charge is -2.32. The van der Waals surface area contributed by atoms with Gasteiger partial charge in [-0.25, -0.2) is 0 Å². The fraction of sp³-hybridized carbons (Fsp3) is 0.625. The van der Waals surface area contributed by atoms with E-state index in [2.05, 4.69) is 59.7 Å². The maximum absolute atomic E-state index is 6.19. The summed E-state index contributed by atoms with van der Waals surface area (Å²) in [5.74, 6) is 0.961. The van der Waals surface area contributed by atoms with Crippen LogP contribution in [0.25, 0.3) is 0 Å². The fourth-order valence-corrected chi connectivity index (χ4v) is 1.84. The predicted octanol–water partition coefficient (Wildman–Crippen LogP) is 3.80. The molecule has 0 radical (unpaired) electrons. The van der Waals surface area contributed by atoms with Crippen LogP contribution in [0.2, 0.25) is 0 Å². The molecule has 0 saturated carbocycles. The first-order chi connectivity index (χ1) is 8.22. The fourth-order valence-electron chi connectivity index (χ4n) is 1.84. The Labute approximate surface area is 112 Å². The number of hydrogen-bond acceptors (Lipinski definition) is 2. The van der Waals surface area contributed by atoms with Gasteiger partial charge in [0, 0.05) is 6.54 Å². The van der Waals surface area contributed by atoms with Gasteiger partial charge in [-0.15, -0.1) is 0 Å². The lowest BCUT2D eigenvalue weighted by Crippen LogP contribution is -2.40. The summed E-state index contributed by atoms with van der Waals surface area (Å²) < 4.78 is 6.19. The van der Waals surface area contributed by atoms with Crippen molar-refractivity contribution >= 4 is 0 Å². The normalized spacial score (nSPS) is 15.3. The van der Waals surface area contributed by atoms with E-state index < -0.39 is 0 Å². The number of hydrogen-bond donors (Lipinski definition) is 1. The lowest BCUT2D eigenvalue weighted by molar-refractivity contribution is 0.0910. The third kappa shape index (κ3) is 3.49. The van der Waals surface area contributed by atoms with Gasteiger partial charge in [0.1, 0.15) is 11.4 Å². The van der Waals surface area contributed by atoms with Crippen molar-refractivity contribution in [3.8, 4) is 5.75 Å². The molecule has 18 heavy (non-hydrogen) atoms. The van der Waals surface area contributed by atoms with E-state index >= 15 is 0 Å². The first-order valence-corrected chi connectivity index (χ1v) is 6.72. The topological polar surface area (TPSA) is 35.2 Å². The van der Waals surface area contributed by atoms with Crippen molar-refractivity contribution in [2.75, 3.05) is 6.54 Å². The standard InChI is InChI=1S/C16H27NO/c1-7-16(6,11-17)18-14-9-8-12(2)10-13(14)15(3,4)5/h8-10H,7,11,17H2,1-6H3. The quantitative estimate of drug-likeness (QED) is 0.881. The molecule has 0 aromatic heterocycles. The molecule has 0 amide bonds. The Morgan fingerprint density at radius 3 is 2.22 bits per heavy atom. The molecular formula is C16H27NO. The van der Waals surface area contributed by atoms with Gasteiger partial charge in [-0.05, 0) is 37.3 Å². The molecule has 2 nitrogen and oxygen atoms in total. The molecule has 0 bridgehead atoms. The SMILES string of the molecule is CCC(C)(CN)Oc1ccc(C)cc1C(C)(C)C. The second-order valence-corrected chi connectivity index (χ2v) is 6.36. The Kier molecular flexibility index (Phi) is 4.44. The summed E-state index contributed by atoms with van der Waals surface area (Å²) in [6.45, 7) is 13.4. The maximum atomic E-state index is 6.19. The van der Waals surface area contributed by atoms with Crippen LogP contribution in [0.15, 0.2) is 18.2 Å². The molecule has 2 N–H and O–H groups in total. The second kappa shape index (κ2) is 5.31. The molecule has 102 valence electrons. The van der Waals surface area contributed by atoms with Crippen LogP contribution in [0.3, 0.4) is 0 Å². The molecule has 0 spiro atoms. The summed E-state index contributed by atoms with van der Waals surface area (Å²) in [5, 5.41) is 0. The van der Waals surface area contributed by atoms with Gasteiger partial charge in [0.05, 0.1) is 0 Å². The largest absolute Gasteiger partial charge is 0.486 e. The molecule has 0 aliphatic carbocycles. The van der Waals surface area contributed by atoms with Gasteiger partial charge in [-0.3, -0.25) is 0 Å². The van der Waals surface area contributed by atoms with Crippen LogP contribution in [-0.4, -0.2) is 12.1 Å². The van der Waals surface area contributed by atoms with Crippen LogP contribution >= 0.6 is 0 Å². The van der Waals surface area contributed by atoms with Gasteiger partial charge >= 0.3 is 0 Å². The molecule has 0 saturated heterocycles.